The first kappa shape index (κ1) is 7.92. The van der Waals surface area contributed by atoms with Crippen LogP contribution in [0, 0.1) is 5.92 Å². The van der Waals surface area contributed by atoms with Crippen molar-refractivity contribution in [2.24, 2.45) is 5.92 Å². The Labute approximate surface area is 59.8 Å². The molecule has 3 heteroatoms. The van der Waals surface area contributed by atoms with Crippen LogP contribution in [0.4, 0.5) is 8.78 Å². The molecule has 1 aliphatic rings. The molecule has 0 atom stereocenters. The van der Waals surface area contributed by atoms with Crippen LogP contribution in [0.1, 0.15) is 19.3 Å². The summed E-state index contributed by atoms with van der Waals surface area (Å²) in [7, 11) is 0. The van der Waals surface area contributed by atoms with Crippen molar-refractivity contribution in [1.82, 2.24) is 5.32 Å². The van der Waals surface area contributed by atoms with E-state index in [1.165, 1.54) is 0 Å². The van der Waals surface area contributed by atoms with Crippen LogP contribution >= 0.6 is 0 Å². The predicted molar refractivity (Wildman–Crippen MR) is 36.2 cm³/mol. The van der Waals surface area contributed by atoms with Crippen molar-refractivity contribution in [2.75, 3.05) is 13.1 Å². The molecular weight excluding hydrogens is 136 g/mol. The molecule has 1 nitrogen and oxygen atoms in total. The van der Waals surface area contributed by atoms with Crippen LogP contribution in [-0.4, -0.2) is 19.5 Å². The summed E-state index contributed by atoms with van der Waals surface area (Å²) in [4.78, 5) is 0. The van der Waals surface area contributed by atoms with Crippen molar-refractivity contribution >= 4 is 0 Å². The van der Waals surface area contributed by atoms with Crippen molar-refractivity contribution in [3.8, 4) is 0 Å². The summed E-state index contributed by atoms with van der Waals surface area (Å²) in [6.45, 7) is 1.83. The largest absolute Gasteiger partial charge is 0.317 e. The lowest BCUT2D eigenvalue weighted by Crippen LogP contribution is -2.28. The van der Waals surface area contributed by atoms with E-state index in [0.29, 0.717) is 0 Å². The Balaban J connectivity index is 2.13. The van der Waals surface area contributed by atoms with Gasteiger partial charge in [0.25, 0.3) is 0 Å². The molecule has 1 saturated heterocycles. The maximum absolute atomic E-state index is 11.8. The lowest BCUT2D eigenvalue weighted by atomic mass is 9.95. The number of alkyl halides is 2. The van der Waals surface area contributed by atoms with Crippen molar-refractivity contribution in [3.63, 3.8) is 0 Å². The van der Waals surface area contributed by atoms with Crippen LogP contribution in [0.5, 0.6) is 0 Å². The van der Waals surface area contributed by atoms with E-state index in [1.54, 1.807) is 0 Å². The highest BCUT2D eigenvalue weighted by molar-refractivity contribution is 4.68. The zero-order valence-electron chi connectivity index (χ0n) is 5.95. The van der Waals surface area contributed by atoms with Gasteiger partial charge >= 0.3 is 0 Å². The van der Waals surface area contributed by atoms with Crippen molar-refractivity contribution in [1.29, 1.82) is 0 Å². The highest BCUT2D eigenvalue weighted by Crippen LogP contribution is 2.19. The molecule has 0 aromatic heterocycles. The van der Waals surface area contributed by atoms with Gasteiger partial charge in [0.2, 0.25) is 6.43 Å². The molecule has 1 heterocycles. The van der Waals surface area contributed by atoms with E-state index < -0.39 is 6.43 Å². The molecule has 0 aromatic rings. The molecule has 0 saturated carbocycles. The first-order valence-electron chi connectivity index (χ1n) is 3.78. The van der Waals surface area contributed by atoms with E-state index in [-0.39, 0.29) is 12.3 Å². The highest BCUT2D eigenvalue weighted by Gasteiger charge is 2.16. The first-order valence-corrected chi connectivity index (χ1v) is 3.78. The van der Waals surface area contributed by atoms with Gasteiger partial charge in [-0.1, -0.05) is 0 Å². The minimum Gasteiger partial charge on any atom is -0.317 e. The van der Waals surface area contributed by atoms with Gasteiger partial charge < -0.3 is 5.32 Å². The van der Waals surface area contributed by atoms with Gasteiger partial charge in [0, 0.05) is 6.42 Å². The molecule has 1 aliphatic heterocycles. The smallest absolute Gasteiger partial charge is 0.238 e. The van der Waals surface area contributed by atoms with Crippen LogP contribution in [0.25, 0.3) is 0 Å². The highest BCUT2D eigenvalue weighted by atomic mass is 19.3. The molecule has 1 fully saturated rings. The summed E-state index contributed by atoms with van der Waals surface area (Å²) >= 11 is 0. The molecule has 0 amide bonds. The van der Waals surface area contributed by atoms with Crippen LogP contribution in [0.3, 0.4) is 0 Å². The fraction of sp³-hybridized carbons (Fsp3) is 1.00. The Kier molecular flexibility index (Phi) is 3.06. The third-order valence-electron chi connectivity index (χ3n) is 1.97. The average molecular weight is 149 g/mol. The summed E-state index contributed by atoms with van der Waals surface area (Å²) in [5.41, 5.74) is 0. The molecule has 60 valence electrons. The number of nitrogens with one attached hydrogen (secondary N) is 1. The second-order valence-electron chi connectivity index (χ2n) is 2.82. The Hall–Kier alpha value is -0.180. The topological polar surface area (TPSA) is 12.0 Å². The Morgan fingerprint density at radius 3 is 2.40 bits per heavy atom. The summed E-state index contributed by atoms with van der Waals surface area (Å²) < 4.78 is 23.6. The standard InChI is InChI=1S/C7H13F2N/c8-7(9)5-6-1-3-10-4-2-6/h6-7,10H,1-5H2. The van der Waals surface area contributed by atoms with E-state index in [0.717, 1.165) is 25.9 Å². The van der Waals surface area contributed by atoms with Gasteiger partial charge in [-0.15, -0.1) is 0 Å². The van der Waals surface area contributed by atoms with E-state index in [1.807, 2.05) is 0 Å². The van der Waals surface area contributed by atoms with Crippen molar-refractivity contribution in [3.05, 3.63) is 0 Å². The fourth-order valence-electron chi connectivity index (χ4n) is 1.37. The van der Waals surface area contributed by atoms with Gasteiger partial charge in [-0.2, -0.15) is 0 Å². The van der Waals surface area contributed by atoms with Gasteiger partial charge in [0.1, 0.15) is 0 Å². The summed E-state index contributed by atoms with van der Waals surface area (Å²) in [6, 6.07) is 0. The summed E-state index contributed by atoms with van der Waals surface area (Å²) in [6.07, 6.45) is -0.167. The third-order valence-corrected chi connectivity index (χ3v) is 1.97. The van der Waals surface area contributed by atoms with Crippen molar-refractivity contribution in [2.45, 2.75) is 25.7 Å². The molecule has 1 N–H and O–H groups in total. The minimum absolute atomic E-state index is 0.0989. The third kappa shape index (κ3) is 2.60. The lowest BCUT2D eigenvalue weighted by Gasteiger charge is -2.21. The molecule has 0 aliphatic carbocycles. The molecule has 0 unspecified atom stereocenters. The molecule has 0 aromatic carbocycles. The molecule has 10 heavy (non-hydrogen) atoms. The first-order chi connectivity index (χ1) is 4.79. The Morgan fingerprint density at radius 1 is 1.30 bits per heavy atom. The zero-order chi connectivity index (χ0) is 7.40. The fourth-order valence-corrected chi connectivity index (χ4v) is 1.37. The predicted octanol–water partition coefficient (Wildman–Crippen LogP) is 1.64. The van der Waals surface area contributed by atoms with Gasteiger partial charge in [0.15, 0.2) is 0 Å². The Bertz CT molecular complexity index is 89.6. The number of piperidine rings is 1. The molecule has 0 radical (unpaired) electrons. The SMILES string of the molecule is FC(F)CC1CCNCC1. The van der Waals surface area contributed by atoms with Crippen LogP contribution < -0.4 is 5.32 Å². The number of hydrogen-bond acceptors (Lipinski definition) is 1. The monoisotopic (exact) mass is 149 g/mol. The van der Waals surface area contributed by atoms with Crippen LogP contribution in [0.2, 0.25) is 0 Å². The normalized spacial score (nSPS) is 21.9. The quantitative estimate of drug-likeness (QED) is 0.629. The molecular formula is C7H13F2N. The second kappa shape index (κ2) is 3.86. The lowest BCUT2D eigenvalue weighted by molar-refractivity contribution is 0.106. The maximum atomic E-state index is 11.8. The van der Waals surface area contributed by atoms with Gasteiger partial charge in [-0.3, -0.25) is 0 Å². The van der Waals surface area contributed by atoms with Crippen molar-refractivity contribution < 1.29 is 8.78 Å². The second-order valence-corrected chi connectivity index (χ2v) is 2.82. The number of halogens is 2. The van der Waals surface area contributed by atoms with E-state index >= 15 is 0 Å². The maximum Gasteiger partial charge on any atom is 0.238 e. The van der Waals surface area contributed by atoms with Gasteiger partial charge in [-0.05, 0) is 31.8 Å². The van der Waals surface area contributed by atoms with Crippen LogP contribution in [0.15, 0.2) is 0 Å². The molecule has 0 spiro atoms. The Morgan fingerprint density at radius 2 is 1.90 bits per heavy atom. The van der Waals surface area contributed by atoms with E-state index in [9.17, 15) is 8.78 Å². The molecule has 0 bridgehead atoms. The summed E-state index contributed by atoms with van der Waals surface area (Å²) in [5.74, 6) is 0.265. The molecule has 1 rings (SSSR count). The number of rotatable bonds is 2. The van der Waals surface area contributed by atoms with Gasteiger partial charge in [-0.25, -0.2) is 8.78 Å². The minimum atomic E-state index is -2.11. The van der Waals surface area contributed by atoms with Crippen LogP contribution in [-0.2, 0) is 0 Å². The van der Waals surface area contributed by atoms with E-state index in [4.69, 9.17) is 0 Å². The zero-order valence-corrected chi connectivity index (χ0v) is 5.95. The van der Waals surface area contributed by atoms with E-state index in [2.05, 4.69) is 5.32 Å². The number of hydrogen-bond donors (Lipinski definition) is 1. The van der Waals surface area contributed by atoms with Gasteiger partial charge in [0.05, 0.1) is 0 Å². The average Bonchev–Trinajstić information content (AvgIpc) is 1.88. The summed E-state index contributed by atoms with van der Waals surface area (Å²) in [5, 5.41) is 3.14.